The van der Waals surface area contributed by atoms with Crippen LogP contribution in [0.2, 0.25) is 0 Å². The smallest absolute Gasteiger partial charge is 0.127 e. The van der Waals surface area contributed by atoms with Crippen LogP contribution >= 0.6 is 0 Å². The Hall–Kier alpha value is -2.07. The summed E-state index contributed by atoms with van der Waals surface area (Å²) < 4.78 is 10.7. The van der Waals surface area contributed by atoms with Crippen LogP contribution in [0, 0.1) is 0 Å². The van der Waals surface area contributed by atoms with Gasteiger partial charge in [0.25, 0.3) is 0 Å². The molecule has 0 saturated heterocycles. The maximum absolute atomic E-state index is 6.30. The van der Waals surface area contributed by atoms with Gasteiger partial charge in [-0.25, -0.2) is 0 Å². The number of hydrogen-bond donors (Lipinski definition) is 1. The van der Waals surface area contributed by atoms with E-state index in [1.54, 1.807) is 26.6 Å². The molecule has 0 radical (unpaired) electrons. The average molecular weight is 258 g/mol. The summed E-state index contributed by atoms with van der Waals surface area (Å²) in [5.74, 6) is 1.50. The molecular formula is C15H18N2O2. The van der Waals surface area contributed by atoms with Crippen LogP contribution in [0.25, 0.3) is 0 Å². The molecule has 1 atom stereocenters. The van der Waals surface area contributed by atoms with Crippen LogP contribution in [0.1, 0.15) is 17.2 Å². The highest BCUT2D eigenvalue weighted by atomic mass is 16.5. The summed E-state index contributed by atoms with van der Waals surface area (Å²) in [6.45, 7) is 0. The average Bonchev–Trinajstić information content (AvgIpc) is 2.47. The summed E-state index contributed by atoms with van der Waals surface area (Å²) in [6.07, 6.45) is 4.24. The highest BCUT2D eigenvalue weighted by Gasteiger charge is 2.17. The predicted octanol–water partition coefficient (Wildman–Crippen LogP) is 2.34. The first-order valence-electron chi connectivity index (χ1n) is 6.11. The lowest BCUT2D eigenvalue weighted by atomic mass is 9.98. The standard InChI is InChI=1S/C15H18N2O2/c1-18-13-4-3-5-14(19-2)15(13)12(16)10-11-6-8-17-9-7-11/h3-9,12H,10,16H2,1-2H3. The van der Waals surface area contributed by atoms with Gasteiger partial charge in [-0.2, -0.15) is 0 Å². The SMILES string of the molecule is COc1cccc(OC)c1C(N)Cc1ccncc1. The van der Waals surface area contributed by atoms with E-state index < -0.39 is 0 Å². The Morgan fingerprint density at radius 2 is 1.63 bits per heavy atom. The molecule has 1 aromatic heterocycles. The second-order valence-corrected chi connectivity index (χ2v) is 4.24. The monoisotopic (exact) mass is 258 g/mol. The van der Waals surface area contributed by atoms with Crippen molar-refractivity contribution in [1.82, 2.24) is 4.98 Å². The lowest BCUT2D eigenvalue weighted by Gasteiger charge is -2.18. The van der Waals surface area contributed by atoms with Gasteiger partial charge in [-0.15, -0.1) is 0 Å². The molecular weight excluding hydrogens is 240 g/mol. The Kier molecular flexibility index (Phi) is 4.36. The fourth-order valence-corrected chi connectivity index (χ4v) is 2.12. The number of hydrogen-bond acceptors (Lipinski definition) is 4. The van der Waals surface area contributed by atoms with Crippen molar-refractivity contribution < 1.29 is 9.47 Å². The van der Waals surface area contributed by atoms with Crippen LogP contribution in [0.5, 0.6) is 11.5 Å². The van der Waals surface area contributed by atoms with Crippen molar-refractivity contribution in [2.45, 2.75) is 12.5 Å². The molecule has 0 bridgehead atoms. The summed E-state index contributed by atoms with van der Waals surface area (Å²) in [5.41, 5.74) is 8.33. The molecule has 2 rings (SSSR count). The van der Waals surface area contributed by atoms with Gasteiger partial charge in [-0.1, -0.05) is 6.07 Å². The van der Waals surface area contributed by atoms with Crippen LogP contribution < -0.4 is 15.2 Å². The van der Waals surface area contributed by atoms with Gasteiger partial charge in [0.15, 0.2) is 0 Å². The first-order chi connectivity index (χ1) is 9.26. The molecule has 2 aromatic rings. The third-order valence-corrected chi connectivity index (χ3v) is 3.04. The van der Waals surface area contributed by atoms with Crippen LogP contribution in [0.15, 0.2) is 42.7 Å². The second-order valence-electron chi connectivity index (χ2n) is 4.24. The first kappa shape index (κ1) is 13.4. The summed E-state index contributed by atoms with van der Waals surface area (Å²) in [7, 11) is 3.27. The normalized spacial score (nSPS) is 11.9. The summed E-state index contributed by atoms with van der Waals surface area (Å²) >= 11 is 0. The van der Waals surface area contributed by atoms with Crippen LogP contribution in [-0.2, 0) is 6.42 Å². The molecule has 19 heavy (non-hydrogen) atoms. The Morgan fingerprint density at radius 1 is 1.05 bits per heavy atom. The summed E-state index contributed by atoms with van der Waals surface area (Å²) in [5, 5.41) is 0. The van der Waals surface area contributed by atoms with Crippen LogP contribution in [0.3, 0.4) is 0 Å². The first-order valence-corrected chi connectivity index (χ1v) is 6.11. The van der Waals surface area contributed by atoms with Gasteiger partial charge < -0.3 is 15.2 Å². The topological polar surface area (TPSA) is 57.4 Å². The van der Waals surface area contributed by atoms with Crippen LogP contribution in [-0.4, -0.2) is 19.2 Å². The van der Waals surface area contributed by atoms with Gasteiger partial charge in [0, 0.05) is 18.4 Å². The molecule has 4 nitrogen and oxygen atoms in total. The fraction of sp³-hybridized carbons (Fsp3) is 0.267. The van der Waals surface area contributed by atoms with E-state index in [1.165, 1.54) is 0 Å². The molecule has 1 heterocycles. The Morgan fingerprint density at radius 3 is 2.16 bits per heavy atom. The molecule has 0 spiro atoms. The van der Waals surface area contributed by atoms with E-state index in [-0.39, 0.29) is 6.04 Å². The molecule has 1 aromatic carbocycles. The van der Waals surface area contributed by atoms with E-state index in [1.807, 2.05) is 30.3 Å². The van der Waals surface area contributed by atoms with E-state index >= 15 is 0 Å². The van der Waals surface area contributed by atoms with Crippen molar-refractivity contribution in [2.75, 3.05) is 14.2 Å². The highest BCUT2D eigenvalue weighted by Crippen LogP contribution is 2.34. The Bertz CT molecular complexity index is 507. The zero-order valence-corrected chi connectivity index (χ0v) is 11.2. The summed E-state index contributed by atoms with van der Waals surface area (Å²) in [6, 6.07) is 9.41. The van der Waals surface area contributed by atoms with Gasteiger partial charge in [0.1, 0.15) is 11.5 Å². The third-order valence-electron chi connectivity index (χ3n) is 3.04. The second kappa shape index (κ2) is 6.20. The molecule has 0 aliphatic carbocycles. The number of aromatic nitrogens is 1. The minimum Gasteiger partial charge on any atom is -0.496 e. The molecule has 4 heteroatoms. The number of benzene rings is 1. The fourth-order valence-electron chi connectivity index (χ4n) is 2.12. The van der Waals surface area contributed by atoms with Crippen molar-refractivity contribution >= 4 is 0 Å². The molecule has 1 unspecified atom stereocenters. The van der Waals surface area contributed by atoms with Crippen LogP contribution in [0.4, 0.5) is 0 Å². The zero-order valence-electron chi connectivity index (χ0n) is 11.2. The number of rotatable bonds is 5. The largest absolute Gasteiger partial charge is 0.496 e. The van der Waals surface area contributed by atoms with Gasteiger partial charge in [0.2, 0.25) is 0 Å². The molecule has 0 fully saturated rings. The number of ether oxygens (including phenoxy) is 2. The maximum atomic E-state index is 6.30. The zero-order chi connectivity index (χ0) is 13.7. The number of nitrogens with two attached hydrogens (primary N) is 1. The summed E-state index contributed by atoms with van der Waals surface area (Å²) in [4.78, 5) is 4.00. The van der Waals surface area contributed by atoms with E-state index in [0.29, 0.717) is 6.42 Å². The predicted molar refractivity (Wildman–Crippen MR) is 74.4 cm³/mol. The van der Waals surface area contributed by atoms with Crippen molar-refractivity contribution in [3.63, 3.8) is 0 Å². The van der Waals surface area contributed by atoms with Crippen molar-refractivity contribution in [3.05, 3.63) is 53.9 Å². The van der Waals surface area contributed by atoms with E-state index in [2.05, 4.69) is 4.98 Å². The Labute approximate surface area is 113 Å². The molecule has 0 amide bonds. The number of pyridine rings is 1. The molecule has 0 aliphatic heterocycles. The molecule has 2 N–H and O–H groups in total. The molecule has 0 aliphatic rings. The third kappa shape index (κ3) is 3.03. The quantitative estimate of drug-likeness (QED) is 0.894. The van der Waals surface area contributed by atoms with Gasteiger partial charge in [-0.3, -0.25) is 4.98 Å². The minimum atomic E-state index is -0.187. The van der Waals surface area contributed by atoms with Crippen molar-refractivity contribution in [3.8, 4) is 11.5 Å². The van der Waals surface area contributed by atoms with Crippen molar-refractivity contribution in [1.29, 1.82) is 0 Å². The van der Waals surface area contributed by atoms with Gasteiger partial charge in [0.05, 0.1) is 19.8 Å². The number of nitrogens with zero attached hydrogens (tertiary/aromatic N) is 1. The maximum Gasteiger partial charge on any atom is 0.127 e. The van der Waals surface area contributed by atoms with Gasteiger partial charge >= 0.3 is 0 Å². The number of methoxy groups -OCH3 is 2. The lowest BCUT2D eigenvalue weighted by molar-refractivity contribution is 0.379. The minimum absolute atomic E-state index is 0.187. The van der Waals surface area contributed by atoms with E-state index in [0.717, 1.165) is 22.6 Å². The molecule has 100 valence electrons. The van der Waals surface area contributed by atoms with Gasteiger partial charge in [-0.05, 0) is 36.2 Å². The van der Waals surface area contributed by atoms with Crippen molar-refractivity contribution in [2.24, 2.45) is 5.73 Å². The lowest BCUT2D eigenvalue weighted by Crippen LogP contribution is -2.15. The Balaban J connectivity index is 2.30. The van der Waals surface area contributed by atoms with E-state index in [4.69, 9.17) is 15.2 Å². The molecule has 0 saturated carbocycles. The highest BCUT2D eigenvalue weighted by molar-refractivity contribution is 5.47. The van der Waals surface area contributed by atoms with E-state index in [9.17, 15) is 0 Å².